The summed E-state index contributed by atoms with van der Waals surface area (Å²) in [5, 5.41) is 0. The molecule has 1 aromatic heterocycles. The van der Waals surface area contributed by atoms with Crippen LogP contribution in [-0.2, 0) is 65.4 Å². The third kappa shape index (κ3) is 6.19. The Kier molecular flexibility index (Phi) is 19.0. The molecule has 0 saturated heterocycles. The van der Waals surface area contributed by atoms with Crippen LogP contribution in [0.1, 0.15) is 41.9 Å². The van der Waals surface area contributed by atoms with Gasteiger partial charge in [0.05, 0.1) is 0 Å². The molecule has 2 radical (unpaired) electrons. The Bertz CT molecular complexity index is 294. The molecule has 1 nitrogen and oxygen atoms in total. The molecule has 0 aliphatic carbocycles. The van der Waals surface area contributed by atoms with Crippen molar-refractivity contribution in [2.45, 2.75) is 34.6 Å². The third-order valence-electron chi connectivity index (χ3n) is 2.68. The van der Waals surface area contributed by atoms with Gasteiger partial charge in [-0.05, 0) is 0 Å². The Morgan fingerprint density at radius 3 is 1.24 bits per heavy atom. The second-order valence-electron chi connectivity index (χ2n) is 3.33. The summed E-state index contributed by atoms with van der Waals surface area (Å²) in [7, 11) is 0. The van der Waals surface area contributed by atoms with Crippen molar-refractivity contribution in [3.8, 4) is 0 Å². The fraction of sp³-hybridized carbons (Fsp3) is 0.357. The van der Waals surface area contributed by atoms with Gasteiger partial charge in [-0.25, -0.2) is 18.4 Å². The van der Waals surface area contributed by atoms with E-state index in [2.05, 4.69) is 38.6 Å². The van der Waals surface area contributed by atoms with E-state index in [0.717, 1.165) is 11.4 Å². The number of nitrogens with zero attached hydrogens (tertiary/aromatic N) is 1. The number of rotatable bonds is 2. The van der Waals surface area contributed by atoms with Gasteiger partial charge in [-0.15, -0.1) is 39.1 Å². The van der Waals surface area contributed by atoms with Crippen molar-refractivity contribution < 1.29 is 65.4 Å². The molecule has 0 aliphatic heterocycles. The molecule has 0 aromatic carbocycles. The number of pyridine rings is 1. The largest absolute Gasteiger partial charge is 0.358 e. The van der Waals surface area contributed by atoms with Crippen molar-refractivity contribution in [3.05, 3.63) is 55.8 Å². The Balaban J connectivity index is -0.000000211. The van der Waals surface area contributed by atoms with E-state index in [-0.39, 0.29) is 80.3 Å². The molecule has 0 aliphatic rings. The summed E-state index contributed by atoms with van der Waals surface area (Å²) in [4.78, 5) is 4.56. The SMILES string of the molecule is C[CH-]c1nc([CH-]C)c(C)c(C)c1C.[CH3-].[CH3-].[Y].[Y]. The molecule has 17 heavy (non-hydrogen) atoms. The van der Waals surface area contributed by atoms with E-state index in [1.54, 1.807) is 0 Å². The molecule has 1 aromatic rings. The van der Waals surface area contributed by atoms with Crippen LogP contribution in [0.2, 0.25) is 0 Å². The Morgan fingerprint density at radius 1 is 0.706 bits per heavy atom. The van der Waals surface area contributed by atoms with E-state index >= 15 is 0 Å². The van der Waals surface area contributed by atoms with Gasteiger partial charge in [0.1, 0.15) is 0 Å². The first-order chi connectivity index (χ1) is 6.11. The van der Waals surface area contributed by atoms with Gasteiger partial charge >= 0.3 is 0 Å². The van der Waals surface area contributed by atoms with E-state index in [1.165, 1.54) is 16.7 Å². The van der Waals surface area contributed by atoms with Crippen LogP contribution in [0.15, 0.2) is 0 Å². The zero-order valence-corrected chi connectivity index (χ0v) is 17.9. The van der Waals surface area contributed by atoms with Gasteiger partial charge in [-0.1, -0.05) is 6.92 Å². The molecule has 0 bridgehead atoms. The van der Waals surface area contributed by atoms with E-state index in [0.29, 0.717) is 0 Å². The van der Waals surface area contributed by atoms with Gasteiger partial charge in [-0.3, -0.25) is 0 Å². The first-order valence-corrected chi connectivity index (χ1v) is 4.68. The number of aromatic nitrogens is 1. The van der Waals surface area contributed by atoms with Crippen molar-refractivity contribution >= 4 is 0 Å². The average molecular weight is 383 g/mol. The fourth-order valence-corrected chi connectivity index (χ4v) is 1.53. The van der Waals surface area contributed by atoms with Crippen LogP contribution >= 0.6 is 0 Å². The van der Waals surface area contributed by atoms with Crippen LogP contribution in [0.3, 0.4) is 0 Å². The Labute approximate surface area is 159 Å². The monoisotopic (exact) mass is 383 g/mol. The molecule has 0 fully saturated rings. The minimum Gasteiger partial charge on any atom is -0.358 e. The second kappa shape index (κ2) is 12.1. The molecule has 0 unspecified atom stereocenters. The first kappa shape index (κ1) is 26.6. The fourth-order valence-electron chi connectivity index (χ4n) is 1.53. The number of hydrogen-bond donors (Lipinski definition) is 0. The molecule has 94 valence electrons. The van der Waals surface area contributed by atoms with Crippen molar-refractivity contribution in [1.82, 2.24) is 4.98 Å². The maximum atomic E-state index is 4.56. The van der Waals surface area contributed by atoms with Crippen LogP contribution < -0.4 is 0 Å². The zero-order valence-electron chi connectivity index (χ0n) is 12.3. The summed E-state index contributed by atoms with van der Waals surface area (Å²) in [6, 6.07) is 0. The van der Waals surface area contributed by atoms with Crippen molar-refractivity contribution in [1.29, 1.82) is 0 Å². The first-order valence-electron chi connectivity index (χ1n) is 4.68. The summed E-state index contributed by atoms with van der Waals surface area (Å²) in [6.45, 7) is 10.5. The second-order valence-corrected chi connectivity index (χ2v) is 3.33. The molecule has 0 N–H and O–H groups in total. The van der Waals surface area contributed by atoms with Crippen LogP contribution in [-0.4, -0.2) is 4.98 Å². The van der Waals surface area contributed by atoms with Crippen LogP contribution in [0.25, 0.3) is 0 Å². The normalized spacial score (nSPS) is 7.59. The molecule has 1 rings (SSSR count). The van der Waals surface area contributed by atoms with Crippen molar-refractivity contribution in [2.24, 2.45) is 0 Å². The summed E-state index contributed by atoms with van der Waals surface area (Å²) in [5.41, 5.74) is 6.17. The summed E-state index contributed by atoms with van der Waals surface area (Å²) < 4.78 is 0. The minimum atomic E-state index is 0. The van der Waals surface area contributed by atoms with Gasteiger partial charge in [0.25, 0.3) is 0 Å². The van der Waals surface area contributed by atoms with E-state index in [9.17, 15) is 0 Å². The molecule has 0 amide bonds. The zero-order chi connectivity index (χ0) is 10.0. The molecular formula is C14H23NY2-4. The standard InChI is InChI=1S/C12H17N.2CH3.2Y/c1-6-11-9(4)8(3)10(5)12(7-2)13-11;;;;/h6-7H,1-5H3;2*1H3;;/q-2;2*-1;;. The molecule has 3 heteroatoms. The van der Waals surface area contributed by atoms with Crippen LogP contribution in [0.4, 0.5) is 0 Å². The van der Waals surface area contributed by atoms with Gasteiger partial charge in [0.2, 0.25) is 0 Å². The average Bonchev–Trinajstić information content (AvgIpc) is 2.15. The van der Waals surface area contributed by atoms with Gasteiger partial charge in [0, 0.05) is 65.4 Å². The smallest absolute Gasteiger partial charge is 0 e. The molecule has 1 heterocycles. The summed E-state index contributed by atoms with van der Waals surface area (Å²) in [6.07, 6.45) is 4.13. The van der Waals surface area contributed by atoms with Gasteiger partial charge in [0.15, 0.2) is 0 Å². The van der Waals surface area contributed by atoms with E-state index < -0.39 is 0 Å². The maximum absolute atomic E-state index is 4.56. The van der Waals surface area contributed by atoms with Crippen molar-refractivity contribution in [3.63, 3.8) is 0 Å². The number of hydrogen-bond acceptors (Lipinski definition) is 1. The Hall–Kier alpha value is 1.10. The topological polar surface area (TPSA) is 12.9 Å². The van der Waals surface area contributed by atoms with Crippen LogP contribution in [0, 0.1) is 48.5 Å². The minimum absolute atomic E-state index is 0. The van der Waals surface area contributed by atoms with E-state index in [4.69, 9.17) is 0 Å². The summed E-state index contributed by atoms with van der Waals surface area (Å²) >= 11 is 0. The molecular weight excluding hydrogens is 360 g/mol. The van der Waals surface area contributed by atoms with E-state index in [1.807, 2.05) is 13.8 Å². The maximum Gasteiger partial charge on any atom is 0 e. The van der Waals surface area contributed by atoms with Crippen molar-refractivity contribution in [2.75, 3.05) is 0 Å². The molecule has 0 spiro atoms. The summed E-state index contributed by atoms with van der Waals surface area (Å²) in [5.74, 6) is 0. The van der Waals surface area contributed by atoms with Gasteiger partial charge < -0.3 is 19.8 Å². The third-order valence-corrected chi connectivity index (χ3v) is 2.68. The predicted octanol–water partition coefficient (Wildman–Crippen LogP) is 4.05. The molecule has 0 atom stereocenters. The van der Waals surface area contributed by atoms with Crippen LogP contribution in [0.5, 0.6) is 0 Å². The predicted molar refractivity (Wildman–Crippen MR) is 69.4 cm³/mol. The quantitative estimate of drug-likeness (QED) is 0.703. The van der Waals surface area contributed by atoms with Gasteiger partial charge in [-0.2, -0.15) is 11.1 Å². The molecule has 0 saturated carbocycles. The Morgan fingerprint density at radius 2 is 1.00 bits per heavy atom.